The van der Waals surface area contributed by atoms with E-state index in [1.807, 2.05) is 0 Å². The van der Waals surface area contributed by atoms with Crippen LogP contribution in [0.2, 0.25) is 0 Å². The fraction of sp³-hybridized carbons (Fsp3) is 0.0833. The maximum atomic E-state index is 13.4. The first kappa shape index (κ1) is 11.4. The molecule has 0 atom stereocenters. The third kappa shape index (κ3) is 2.05. The molecule has 0 saturated carbocycles. The molecule has 0 aliphatic carbocycles. The van der Waals surface area contributed by atoms with Gasteiger partial charge in [0, 0.05) is 11.5 Å². The second kappa shape index (κ2) is 4.20. The molecule has 0 aliphatic rings. The summed E-state index contributed by atoms with van der Waals surface area (Å²) in [7, 11) is 0. The Morgan fingerprint density at radius 2 is 2.16 bits per heavy atom. The number of halogens is 1. The van der Waals surface area contributed by atoms with E-state index in [1.165, 1.54) is 12.4 Å². The van der Waals surface area contributed by atoms with Crippen LogP contribution in [0.1, 0.15) is 5.56 Å². The number of aromatic hydroxyl groups is 1. The lowest BCUT2D eigenvalue weighted by Crippen LogP contribution is -2.03. The predicted octanol–water partition coefficient (Wildman–Crippen LogP) is 1.30. The number of fused-ring (bicyclic) bond motifs is 1. The molecule has 2 heterocycles. The molecule has 7 heteroatoms. The van der Waals surface area contributed by atoms with Gasteiger partial charge in [0.25, 0.3) is 0 Å². The van der Waals surface area contributed by atoms with Crippen LogP contribution in [0.4, 0.5) is 10.2 Å². The van der Waals surface area contributed by atoms with E-state index < -0.39 is 5.82 Å². The van der Waals surface area contributed by atoms with Crippen LogP contribution in [0, 0.1) is 5.82 Å². The molecular formula is C12H10FN5O. The van der Waals surface area contributed by atoms with Crippen molar-refractivity contribution in [2.75, 3.05) is 5.73 Å². The number of rotatable bonds is 2. The maximum absolute atomic E-state index is 13.4. The summed E-state index contributed by atoms with van der Waals surface area (Å²) >= 11 is 0. The lowest BCUT2D eigenvalue weighted by Gasteiger charge is -2.09. The Morgan fingerprint density at radius 1 is 1.32 bits per heavy atom. The average molecular weight is 259 g/mol. The largest absolute Gasteiger partial charge is 0.506 e. The van der Waals surface area contributed by atoms with E-state index in [2.05, 4.69) is 15.1 Å². The summed E-state index contributed by atoms with van der Waals surface area (Å²) in [5.41, 5.74) is 6.68. The topological polar surface area (TPSA) is 89.9 Å². The summed E-state index contributed by atoms with van der Waals surface area (Å²) in [5, 5.41) is 14.2. The van der Waals surface area contributed by atoms with Gasteiger partial charge in [0.1, 0.15) is 35.6 Å². The number of aromatic nitrogens is 4. The maximum Gasteiger partial charge on any atom is 0.144 e. The molecule has 19 heavy (non-hydrogen) atoms. The average Bonchev–Trinajstić information content (AvgIpc) is 2.83. The molecule has 0 aliphatic heterocycles. The number of hydrogen-bond acceptors (Lipinski definition) is 5. The lowest BCUT2D eigenvalue weighted by atomic mass is 10.1. The SMILES string of the molecule is Nc1cc(Cn2cncn2)c2cc(F)cc(O)c2n1. The summed E-state index contributed by atoms with van der Waals surface area (Å²) < 4.78 is 15.0. The fourth-order valence-corrected chi connectivity index (χ4v) is 1.98. The van der Waals surface area contributed by atoms with Crippen LogP contribution in [0.3, 0.4) is 0 Å². The van der Waals surface area contributed by atoms with Gasteiger partial charge < -0.3 is 10.8 Å². The van der Waals surface area contributed by atoms with E-state index >= 15 is 0 Å². The van der Waals surface area contributed by atoms with Gasteiger partial charge in [-0.05, 0) is 17.7 Å². The Kier molecular flexibility index (Phi) is 2.52. The summed E-state index contributed by atoms with van der Waals surface area (Å²) in [5.74, 6) is -0.511. The van der Waals surface area contributed by atoms with Crippen LogP contribution in [-0.4, -0.2) is 24.9 Å². The van der Waals surface area contributed by atoms with Crippen molar-refractivity contribution in [2.45, 2.75) is 6.54 Å². The second-order valence-corrected chi connectivity index (χ2v) is 4.12. The van der Waals surface area contributed by atoms with Gasteiger partial charge in [-0.15, -0.1) is 0 Å². The zero-order chi connectivity index (χ0) is 13.4. The van der Waals surface area contributed by atoms with Crippen molar-refractivity contribution in [2.24, 2.45) is 0 Å². The van der Waals surface area contributed by atoms with Crippen molar-refractivity contribution in [3.8, 4) is 5.75 Å². The van der Waals surface area contributed by atoms with Crippen LogP contribution in [0.5, 0.6) is 5.75 Å². The van der Waals surface area contributed by atoms with Crippen LogP contribution in [0.25, 0.3) is 10.9 Å². The molecule has 2 aromatic heterocycles. The van der Waals surface area contributed by atoms with Gasteiger partial charge in [-0.1, -0.05) is 0 Å². The highest BCUT2D eigenvalue weighted by molar-refractivity contribution is 5.88. The van der Waals surface area contributed by atoms with Crippen molar-refractivity contribution in [1.29, 1.82) is 0 Å². The standard InChI is InChI=1S/C12H10FN5O/c13-8-2-9-7(4-18-6-15-5-16-18)1-11(14)17-12(9)10(19)3-8/h1-3,5-6,19H,4H2,(H2,14,17). The van der Waals surface area contributed by atoms with Crippen LogP contribution in [0.15, 0.2) is 30.9 Å². The number of nitrogens with two attached hydrogens (primary N) is 1. The Hall–Kier alpha value is -2.70. The molecule has 96 valence electrons. The number of phenols is 1. The molecule has 3 aromatic rings. The van der Waals surface area contributed by atoms with Crippen molar-refractivity contribution >= 4 is 16.7 Å². The van der Waals surface area contributed by atoms with Gasteiger partial charge >= 0.3 is 0 Å². The summed E-state index contributed by atoms with van der Waals surface area (Å²) in [6, 6.07) is 3.95. The predicted molar refractivity (Wildman–Crippen MR) is 66.9 cm³/mol. The minimum Gasteiger partial charge on any atom is -0.506 e. The van der Waals surface area contributed by atoms with E-state index in [4.69, 9.17) is 5.73 Å². The molecule has 0 amide bonds. The van der Waals surface area contributed by atoms with Gasteiger partial charge in [0.15, 0.2) is 0 Å². The number of nitrogen functional groups attached to an aromatic ring is 1. The molecule has 3 rings (SSSR count). The molecule has 0 saturated heterocycles. The third-order valence-corrected chi connectivity index (χ3v) is 2.76. The van der Waals surface area contributed by atoms with Gasteiger partial charge in [0.05, 0.1) is 6.54 Å². The molecule has 6 nitrogen and oxygen atoms in total. The molecule has 3 N–H and O–H groups in total. The first-order chi connectivity index (χ1) is 9.13. The Morgan fingerprint density at radius 3 is 2.89 bits per heavy atom. The number of phenolic OH excluding ortho intramolecular Hbond substituents is 1. The number of pyridine rings is 1. The Labute approximate surface area is 107 Å². The van der Waals surface area contributed by atoms with Crippen molar-refractivity contribution < 1.29 is 9.50 Å². The van der Waals surface area contributed by atoms with E-state index in [1.54, 1.807) is 17.1 Å². The Bertz CT molecular complexity index is 741. The number of nitrogens with zero attached hydrogens (tertiary/aromatic N) is 4. The zero-order valence-electron chi connectivity index (χ0n) is 9.79. The summed E-state index contributed by atoms with van der Waals surface area (Å²) in [4.78, 5) is 7.86. The zero-order valence-corrected chi connectivity index (χ0v) is 9.79. The summed E-state index contributed by atoms with van der Waals surface area (Å²) in [6.07, 6.45) is 2.95. The highest BCUT2D eigenvalue weighted by Gasteiger charge is 2.11. The van der Waals surface area contributed by atoms with Crippen molar-refractivity contribution in [1.82, 2.24) is 19.7 Å². The van der Waals surface area contributed by atoms with Crippen LogP contribution < -0.4 is 5.73 Å². The van der Waals surface area contributed by atoms with Crippen LogP contribution >= 0.6 is 0 Å². The van der Waals surface area contributed by atoms with Gasteiger partial charge in [0.2, 0.25) is 0 Å². The molecule has 0 fully saturated rings. The highest BCUT2D eigenvalue weighted by Crippen LogP contribution is 2.28. The van der Waals surface area contributed by atoms with Crippen molar-refractivity contribution in [3.63, 3.8) is 0 Å². The number of benzene rings is 1. The van der Waals surface area contributed by atoms with Crippen molar-refractivity contribution in [3.05, 3.63) is 42.2 Å². The second-order valence-electron chi connectivity index (χ2n) is 4.12. The van der Waals surface area contributed by atoms with E-state index in [-0.39, 0.29) is 17.1 Å². The quantitative estimate of drug-likeness (QED) is 0.724. The minimum atomic E-state index is -0.531. The van der Waals surface area contributed by atoms with Gasteiger partial charge in [-0.25, -0.2) is 19.0 Å². The van der Waals surface area contributed by atoms with E-state index in [0.29, 0.717) is 17.5 Å². The fourth-order valence-electron chi connectivity index (χ4n) is 1.98. The van der Waals surface area contributed by atoms with Gasteiger partial charge in [-0.3, -0.25) is 0 Å². The first-order valence-electron chi connectivity index (χ1n) is 5.53. The van der Waals surface area contributed by atoms with Crippen LogP contribution in [-0.2, 0) is 6.54 Å². The highest BCUT2D eigenvalue weighted by atomic mass is 19.1. The van der Waals surface area contributed by atoms with Gasteiger partial charge in [-0.2, -0.15) is 5.10 Å². The molecule has 0 radical (unpaired) electrons. The minimum absolute atomic E-state index is 0.234. The van der Waals surface area contributed by atoms with E-state index in [9.17, 15) is 9.50 Å². The first-order valence-corrected chi connectivity index (χ1v) is 5.53. The molecule has 1 aromatic carbocycles. The lowest BCUT2D eigenvalue weighted by molar-refractivity contribution is 0.474. The smallest absolute Gasteiger partial charge is 0.144 e. The monoisotopic (exact) mass is 259 g/mol. The Balaban J connectivity index is 2.22. The normalized spacial score (nSPS) is 11.0. The number of anilines is 1. The molecular weight excluding hydrogens is 249 g/mol. The third-order valence-electron chi connectivity index (χ3n) is 2.76. The molecule has 0 unspecified atom stereocenters. The van der Waals surface area contributed by atoms with E-state index in [0.717, 1.165) is 6.07 Å². The molecule has 0 bridgehead atoms. The summed E-state index contributed by atoms with van der Waals surface area (Å²) in [6.45, 7) is 0.367. The molecule has 0 spiro atoms. The number of hydrogen-bond donors (Lipinski definition) is 2.